The highest BCUT2D eigenvalue weighted by Gasteiger charge is 2.12. The molecule has 24 heavy (non-hydrogen) atoms. The zero-order chi connectivity index (χ0) is 18.2. The van der Waals surface area contributed by atoms with E-state index in [1.807, 2.05) is 27.7 Å². The number of unbranched alkanes of at least 4 members (excludes halogenated alkanes) is 3. The topological polar surface area (TPSA) is 76.7 Å². The zero-order valence-corrected chi connectivity index (χ0v) is 15.9. The second kappa shape index (κ2) is 15.4. The molecule has 2 N–H and O–H groups in total. The first-order chi connectivity index (χ1) is 11.6. The summed E-state index contributed by atoms with van der Waals surface area (Å²) >= 11 is 0. The molecule has 0 saturated heterocycles. The second-order valence-corrected chi connectivity index (χ2v) is 5.80. The molecule has 0 radical (unpaired) electrons. The molecule has 0 aromatic carbocycles. The van der Waals surface area contributed by atoms with Crippen LogP contribution >= 0.6 is 0 Å². The lowest BCUT2D eigenvalue weighted by molar-refractivity contribution is -0.152. The standard InChI is InChI=1S/C18H36N2O4/c1-5-15(19-7-3)23-17(21)13-11-9-10-12-14-18(22)24-16(6-2)20-8-4/h15-16,19-20H,5-14H2,1-4H3. The number of ether oxygens (including phenoxy) is 2. The van der Waals surface area contributed by atoms with Gasteiger partial charge in [0, 0.05) is 12.8 Å². The molecule has 6 nitrogen and oxygen atoms in total. The fraction of sp³-hybridized carbons (Fsp3) is 0.889. The van der Waals surface area contributed by atoms with Crippen molar-refractivity contribution in [1.29, 1.82) is 0 Å². The Kier molecular flexibility index (Phi) is 14.7. The van der Waals surface area contributed by atoms with E-state index in [0.717, 1.165) is 51.6 Å². The van der Waals surface area contributed by atoms with Crippen LogP contribution in [-0.4, -0.2) is 37.5 Å². The number of hydrogen-bond donors (Lipinski definition) is 2. The molecule has 0 aliphatic heterocycles. The van der Waals surface area contributed by atoms with Crippen LogP contribution in [0.3, 0.4) is 0 Å². The monoisotopic (exact) mass is 344 g/mol. The van der Waals surface area contributed by atoms with Crippen LogP contribution in [0.1, 0.15) is 79.1 Å². The molecule has 0 spiro atoms. The van der Waals surface area contributed by atoms with Gasteiger partial charge in [0.05, 0.1) is 0 Å². The van der Waals surface area contributed by atoms with Gasteiger partial charge in [-0.3, -0.25) is 20.2 Å². The molecule has 2 atom stereocenters. The summed E-state index contributed by atoms with van der Waals surface area (Å²) in [6.07, 6.45) is 5.49. The molecule has 0 bridgehead atoms. The van der Waals surface area contributed by atoms with Crippen molar-refractivity contribution < 1.29 is 19.1 Å². The van der Waals surface area contributed by atoms with E-state index >= 15 is 0 Å². The third kappa shape index (κ3) is 12.3. The van der Waals surface area contributed by atoms with E-state index in [0.29, 0.717) is 12.8 Å². The van der Waals surface area contributed by atoms with Gasteiger partial charge in [-0.1, -0.05) is 40.5 Å². The molecule has 6 heteroatoms. The summed E-state index contributed by atoms with van der Waals surface area (Å²) in [5.74, 6) is -0.308. The molecule has 0 rings (SSSR count). The van der Waals surface area contributed by atoms with Gasteiger partial charge in [0.15, 0.2) is 12.5 Å². The third-order valence-electron chi connectivity index (χ3n) is 3.66. The smallest absolute Gasteiger partial charge is 0.307 e. The Morgan fingerprint density at radius 3 is 1.38 bits per heavy atom. The normalized spacial score (nSPS) is 13.3. The largest absolute Gasteiger partial charge is 0.447 e. The van der Waals surface area contributed by atoms with Gasteiger partial charge in [0.2, 0.25) is 0 Å². The van der Waals surface area contributed by atoms with E-state index in [1.165, 1.54) is 0 Å². The van der Waals surface area contributed by atoms with Crippen LogP contribution in [0.5, 0.6) is 0 Å². The first kappa shape index (κ1) is 22.9. The van der Waals surface area contributed by atoms with Gasteiger partial charge in [-0.15, -0.1) is 0 Å². The second-order valence-electron chi connectivity index (χ2n) is 5.80. The van der Waals surface area contributed by atoms with Gasteiger partial charge in [-0.2, -0.15) is 0 Å². The molecule has 0 aromatic rings. The van der Waals surface area contributed by atoms with Gasteiger partial charge < -0.3 is 9.47 Å². The van der Waals surface area contributed by atoms with Gasteiger partial charge in [-0.25, -0.2) is 0 Å². The lowest BCUT2D eigenvalue weighted by atomic mass is 10.1. The maximum Gasteiger partial charge on any atom is 0.307 e. The minimum absolute atomic E-state index is 0.154. The number of carbonyl (C=O) groups is 2. The Balaban J connectivity index is 3.65. The first-order valence-electron chi connectivity index (χ1n) is 9.42. The summed E-state index contributed by atoms with van der Waals surface area (Å²) < 4.78 is 10.7. The highest BCUT2D eigenvalue weighted by atomic mass is 16.6. The van der Waals surface area contributed by atoms with Crippen molar-refractivity contribution in [3.8, 4) is 0 Å². The minimum Gasteiger partial charge on any atom is -0.447 e. The van der Waals surface area contributed by atoms with Crippen molar-refractivity contribution in [2.75, 3.05) is 13.1 Å². The summed E-state index contributed by atoms with van der Waals surface area (Å²) in [5, 5.41) is 6.23. The van der Waals surface area contributed by atoms with E-state index in [4.69, 9.17) is 9.47 Å². The van der Waals surface area contributed by atoms with Crippen molar-refractivity contribution in [3.05, 3.63) is 0 Å². The number of esters is 2. The molecule has 0 aromatic heterocycles. The first-order valence-corrected chi connectivity index (χ1v) is 9.42. The van der Waals surface area contributed by atoms with Gasteiger partial charge >= 0.3 is 11.9 Å². The lowest BCUT2D eigenvalue weighted by Crippen LogP contribution is -2.33. The van der Waals surface area contributed by atoms with Gasteiger partial charge in [0.25, 0.3) is 0 Å². The van der Waals surface area contributed by atoms with Crippen molar-refractivity contribution in [2.45, 2.75) is 91.5 Å². The molecular weight excluding hydrogens is 308 g/mol. The molecule has 2 unspecified atom stereocenters. The van der Waals surface area contributed by atoms with Crippen LogP contribution in [0.4, 0.5) is 0 Å². The Bertz CT molecular complexity index is 305. The van der Waals surface area contributed by atoms with E-state index < -0.39 is 0 Å². The summed E-state index contributed by atoms with van der Waals surface area (Å²) in [7, 11) is 0. The molecule has 0 fully saturated rings. The predicted molar refractivity (Wildman–Crippen MR) is 95.4 cm³/mol. The average Bonchev–Trinajstić information content (AvgIpc) is 2.57. The van der Waals surface area contributed by atoms with Gasteiger partial charge in [0.1, 0.15) is 0 Å². The van der Waals surface area contributed by atoms with Crippen molar-refractivity contribution in [3.63, 3.8) is 0 Å². The van der Waals surface area contributed by atoms with Gasteiger partial charge in [-0.05, 0) is 38.8 Å². The zero-order valence-electron chi connectivity index (χ0n) is 15.9. The molecule has 0 saturated carbocycles. The molecule has 0 heterocycles. The minimum atomic E-state index is -0.180. The van der Waals surface area contributed by atoms with E-state index in [9.17, 15) is 9.59 Å². The molecule has 142 valence electrons. The fourth-order valence-electron chi connectivity index (χ4n) is 2.32. The summed E-state index contributed by atoms with van der Waals surface area (Å²) in [4.78, 5) is 23.4. The highest BCUT2D eigenvalue weighted by Crippen LogP contribution is 2.09. The molecule has 0 aliphatic rings. The van der Waals surface area contributed by atoms with Crippen molar-refractivity contribution >= 4 is 11.9 Å². The Labute approximate surface area is 147 Å². The quantitative estimate of drug-likeness (QED) is 0.270. The Morgan fingerprint density at radius 2 is 1.08 bits per heavy atom. The van der Waals surface area contributed by atoms with Crippen molar-refractivity contribution in [1.82, 2.24) is 10.6 Å². The number of carbonyl (C=O) groups excluding carboxylic acids is 2. The number of nitrogens with one attached hydrogen (secondary N) is 2. The summed E-state index contributed by atoms with van der Waals surface area (Å²) in [5.41, 5.74) is 0. The van der Waals surface area contributed by atoms with E-state index in [1.54, 1.807) is 0 Å². The summed E-state index contributed by atoms with van der Waals surface area (Å²) in [6.45, 7) is 9.52. The fourth-order valence-corrected chi connectivity index (χ4v) is 2.32. The van der Waals surface area contributed by atoms with Crippen LogP contribution < -0.4 is 10.6 Å². The lowest BCUT2D eigenvalue weighted by Gasteiger charge is -2.17. The Morgan fingerprint density at radius 1 is 0.708 bits per heavy atom. The van der Waals surface area contributed by atoms with E-state index in [2.05, 4.69) is 10.6 Å². The maximum absolute atomic E-state index is 11.7. The van der Waals surface area contributed by atoms with Crippen LogP contribution in [0.25, 0.3) is 0 Å². The third-order valence-corrected chi connectivity index (χ3v) is 3.66. The van der Waals surface area contributed by atoms with Crippen LogP contribution in [0.15, 0.2) is 0 Å². The molecular formula is C18H36N2O4. The SMILES string of the molecule is CCNC(CC)OC(=O)CCCCCCC(=O)OC(CC)NCC. The molecule has 0 aliphatic carbocycles. The maximum atomic E-state index is 11.7. The number of rotatable bonds is 15. The number of hydrogen-bond acceptors (Lipinski definition) is 6. The summed E-state index contributed by atoms with van der Waals surface area (Å²) in [6, 6.07) is 0. The Hall–Kier alpha value is -1.14. The average molecular weight is 344 g/mol. The predicted octanol–water partition coefficient (Wildman–Crippen LogP) is 3.10. The van der Waals surface area contributed by atoms with Crippen LogP contribution in [0.2, 0.25) is 0 Å². The highest BCUT2D eigenvalue weighted by molar-refractivity contribution is 5.69. The van der Waals surface area contributed by atoms with Crippen LogP contribution in [-0.2, 0) is 19.1 Å². The van der Waals surface area contributed by atoms with E-state index in [-0.39, 0.29) is 24.4 Å². The van der Waals surface area contributed by atoms with Crippen LogP contribution in [0, 0.1) is 0 Å². The molecule has 0 amide bonds. The van der Waals surface area contributed by atoms with Crippen molar-refractivity contribution in [2.24, 2.45) is 0 Å².